The van der Waals surface area contributed by atoms with Crippen LogP contribution in [0, 0.1) is 5.41 Å². The fourth-order valence-corrected chi connectivity index (χ4v) is 2.73. The average molecular weight is 203 g/mol. The van der Waals surface area contributed by atoms with E-state index in [2.05, 4.69) is 6.26 Å². The van der Waals surface area contributed by atoms with E-state index in [0.717, 1.165) is 32.2 Å². The van der Waals surface area contributed by atoms with Crippen LogP contribution in [0.25, 0.3) is 0 Å². The lowest BCUT2D eigenvalue weighted by molar-refractivity contribution is 0.0650. The zero-order valence-corrected chi connectivity index (χ0v) is 9.28. The number of rotatable bonds is 4. The Bertz CT molecular complexity index is 138. The van der Waals surface area contributed by atoms with Gasteiger partial charge in [-0.15, -0.1) is 0 Å². The van der Waals surface area contributed by atoms with Gasteiger partial charge in [-0.25, -0.2) is 0 Å². The van der Waals surface area contributed by atoms with Crippen molar-refractivity contribution < 1.29 is 5.11 Å². The molecule has 13 heavy (non-hydrogen) atoms. The van der Waals surface area contributed by atoms with Crippen molar-refractivity contribution in [3.63, 3.8) is 0 Å². The van der Waals surface area contributed by atoms with Gasteiger partial charge in [0.05, 0.1) is 6.10 Å². The molecule has 1 aliphatic rings. The first kappa shape index (κ1) is 11.3. The van der Waals surface area contributed by atoms with E-state index in [1.165, 1.54) is 12.2 Å². The van der Waals surface area contributed by atoms with Crippen LogP contribution in [0.1, 0.15) is 32.1 Å². The molecule has 0 atom stereocenters. The molecule has 0 aromatic rings. The summed E-state index contributed by atoms with van der Waals surface area (Å²) in [6, 6.07) is 0. The highest BCUT2D eigenvalue weighted by atomic mass is 32.2. The Labute approximate surface area is 85.3 Å². The number of hydrogen-bond donors (Lipinski definition) is 2. The van der Waals surface area contributed by atoms with E-state index >= 15 is 0 Å². The van der Waals surface area contributed by atoms with Gasteiger partial charge < -0.3 is 10.8 Å². The number of thioether (sulfide) groups is 1. The molecule has 0 aromatic heterocycles. The maximum atomic E-state index is 9.42. The van der Waals surface area contributed by atoms with Crippen LogP contribution in [0.15, 0.2) is 0 Å². The lowest BCUT2D eigenvalue weighted by Crippen LogP contribution is -2.36. The van der Waals surface area contributed by atoms with Crippen LogP contribution in [-0.4, -0.2) is 29.8 Å². The Morgan fingerprint density at radius 1 is 1.46 bits per heavy atom. The van der Waals surface area contributed by atoms with Gasteiger partial charge in [-0.2, -0.15) is 11.8 Å². The van der Waals surface area contributed by atoms with Crippen molar-refractivity contribution in [2.75, 3.05) is 18.6 Å². The fourth-order valence-electron chi connectivity index (χ4n) is 2.09. The molecule has 1 aliphatic carbocycles. The lowest BCUT2D eigenvalue weighted by Gasteiger charge is -2.38. The zero-order valence-electron chi connectivity index (χ0n) is 8.46. The van der Waals surface area contributed by atoms with Crippen molar-refractivity contribution >= 4 is 11.8 Å². The Balaban J connectivity index is 2.40. The van der Waals surface area contributed by atoms with E-state index < -0.39 is 0 Å². The Kier molecular flexibility index (Phi) is 4.56. The van der Waals surface area contributed by atoms with Gasteiger partial charge in [-0.05, 0) is 56.1 Å². The van der Waals surface area contributed by atoms with Crippen molar-refractivity contribution in [1.82, 2.24) is 0 Å². The first-order chi connectivity index (χ1) is 6.22. The van der Waals surface area contributed by atoms with E-state index in [1.54, 1.807) is 0 Å². The molecule has 0 radical (unpaired) electrons. The lowest BCUT2D eigenvalue weighted by atomic mass is 9.71. The fraction of sp³-hybridized carbons (Fsp3) is 1.00. The highest BCUT2D eigenvalue weighted by molar-refractivity contribution is 7.98. The minimum absolute atomic E-state index is 0.0612. The summed E-state index contributed by atoms with van der Waals surface area (Å²) in [4.78, 5) is 0. The third kappa shape index (κ3) is 3.15. The molecule has 3 N–H and O–H groups in total. The SMILES string of the molecule is CSCCC1(CN)CCC(O)CC1. The van der Waals surface area contributed by atoms with Gasteiger partial charge in [0, 0.05) is 0 Å². The van der Waals surface area contributed by atoms with E-state index in [4.69, 9.17) is 5.73 Å². The van der Waals surface area contributed by atoms with Crippen molar-refractivity contribution in [2.24, 2.45) is 11.1 Å². The molecule has 0 unspecified atom stereocenters. The van der Waals surface area contributed by atoms with E-state index in [9.17, 15) is 5.11 Å². The Morgan fingerprint density at radius 2 is 2.08 bits per heavy atom. The molecule has 3 heteroatoms. The van der Waals surface area contributed by atoms with Gasteiger partial charge in [-0.1, -0.05) is 0 Å². The topological polar surface area (TPSA) is 46.2 Å². The van der Waals surface area contributed by atoms with Gasteiger partial charge in [0.25, 0.3) is 0 Å². The van der Waals surface area contributed by atoms with E-state index in [-0.39, 0.29) is 6.10 Å². The van der Waals surface area contributed by atoms with Crippen LogP contribution < -0.4 is 5.73 Å². The maximum Gasteiger partial charge on any atom is 0.0540 e. The van der Waals surface area contributed by atoms with Gasteiger partial charge in [0.15, 0.2) is 0 Å². The van der Waals surface area contributed by atoms with Crippen LogP contribution in [0.4, 0.5) is 0 Å². The Morgan fingerprint density at radius 3 is 2.54 bits per heavy atom. The molecule has 1 fully saturated rings. The van der Waals surface area contributed by atoms with Gasteiger partial charge in [0.1, 0.15) is 0 Å². The standard InChI is InChI=1S/C10H21NOS/c1-13-7-6-10(8-11)4-2-9(12)3-5-10/h9,12H,2-8,11H2,1H3. The summed E-state index contributed by atoms with van der Waals surface area (Å²) in [5.74, 6) is 1.20. The summed E-state index contributed by atoms with van der Waals surface area (Å²) < 4.78 is 0. The molecular formula is C10H21NOS. The smallest absolute Gasteiger partial charge is 0.0540 e. The summed E-state index contributed by atoms with van der Waals surface area (Å²) >= 11 is 1.89. The largest absolute Gasteiger partial charge is 0.393 e. The van der Waals surface area contributed by atoms with Crippen LogP contribution in [-0.2, 0) is 0 Å². The minimum Gasteiger partial charge on any atom is -0.393 e. The molecular weight excluding hydrogens is 182 g/mol. The molecule has 1 rings (SSSR count). The first-order valence-corrected chi connectivity index (χ1v) is 6.49. The number of hydrogen-bond acceptors (Lipinski definition) is 3. The minimum atomic E-state index is -0.0612. The summed E-state index contributed by atoms with van der Waals surface area (Å²) in [6.45, 7) is 0.792. The van der Waals surface area contributed by atoms with Crippen molar-refractivity contribution in [2.45, 2.75) is 38.2 Å². The second-order valence-corrected chi connectivity index (χ2v) is 5.16. The van der Waals surface area contributed by atoms with Gasteiger partial charge in [-0.3, -0.25) is 0 Å². The quantitative estimate of drug-likeness (QED) is 0.730. The summed E-state index contributed by atoms with van der Waals surface area (Å²) in [6.07, 6.45) is 7.43. The molecule has 0 aliphatic heterocycles. The normalized spacial score (nSPS) is 34.8. The summed E-state index contributed by atoms with van der Waals surface area (Å²) in [5.41, 5.74) is 6.18. The third-order valence-electron chi connectivity index (χ3n) is 3.29. The molecule has 1 saturated carbocycles. The second-order valence-electron chi connectivity index (χ2n) is 4.18. The third-order valence-corrected chi connectivity index (χ3v) is 3.90. The van der Waals surface area contributed by atoms with Gasteiger partial charge >= 0.3 is 0 Å². The second kappa shape index (κ2) is 5.23. The summed E-state index contributed by atoms with van der Waals surface area (Å²) in [5, 5.41) is 9.42. The van der Waals surface area contributed by atoms with Crippen molar-refractivity contribution in [3.8, 4) is 0 Å². The molecule has 0 spiro atoms. The molecule has 0 bridgehead atoms. The molecule has 0 amide bonds. The van der Waals surface area contributed by atoms with Gasteiger partial charge in [0.2, 0.25) is 0 Å². The molecule has 78 valence electrons. The number of aliphatic hydroxyl groups excluding tert-OH is 1. The predicted octanol–water partition coefficient (Wildman–Crippen LogP) is 1.62. The van der Waals surface area contributed by atoms with Crippen LogP contribution in [0.5, 0.6) is 0 Å². The zero-order chi connectivity index (χ0) is 9.73. The maximum absolute atomic E-state index is 9.42. The first-order valence-electron chi connectivity index (χ1n) is 5.09. The molecule has 0 heterocycles. The van der Waals surface area contributed by atoms with Crippen molar-refractivity contribution in [3.05, 3.63) is 0 Å². The van der Waals surface area contributed by atoms with E-state index in [1.807, 2.05) is 11.8 Å². The van der Waals surface area contributed by atoms with Crippen LogP contribution in [0.2, 0.25) is 0 Å². The highest BCUT2D eigenvalue weighted by Gasteiger charge is 2.32. The Hall–Kier alpha value is 0.270. The van der Waals surface area contributed by atoms with Crippen molar-refractivity contribution in [1.29, 1.82) is 0 Å². The molecule has 0 aromatic carbocycles. The van der Waals surface area contributed by atoms with Crippen LogP contribution >= 0.6 is 11.8 Å². The molecule has 2 nitrogen and oxygen atoms in total. The van der Waals surface area contributed by atoms with E-state index in [0.29, 0.717) is 5.41 Å². The summed E-state index contributed by atoms with van der Waals surface area (Å²) in [7, 11) is 0. The predicted molar refractivity (Wildman–Crippen MR) is 59.0 cm³/mol. The van der Waals surface area contributed by atoms with Crippen LogP contribution in [0.3, 0.4) is 0 Å². The number of nitrogens with two attached hydrogens (primary N) is 1. The number of aliphatic hydroxyl groups is 1. The molecule has 0 saturated heterocycles. The monoisotopic (exact) mass is 203 g/mol. The average Bonchev–Trinajstić information content (AvgIpc) is 2.18. The highest BCUT2D eigenvalue weighted by Crippen LogP contribution is 2.39.